The molecule has 0 heterocycles. The van der Waals surface area contributed by atoms with Crippen LogP contribution in [-0.2, 0) is 0 Å². The summed E-state index contributed by atoms with van der Waals surface area (Å²) >= 11 is 0. The molecular formula is C12H22. The van der Waals surface area contributed by atoms with Crippen LogP contribution in [0.25, 0.3) is 0 Å². The van der Waals surface area contributed by atoms with E-state index in [1.807, 2.05) is 6.08 Å². The van der Waals surface area contributed by atoms with Crippen molar-refractivity contribution in [2.45, 2.75) is 52.9 Å². The average Bonchev–Trinajstić information content (AvgIpc) is 2.12. The third-order valence-electron chi connectivity index (χ3n) is 2.34. The first-order valence-electron chi connectivity index (χ1n) is 5.13. The normalized spacial score (nSPS) is 12.6. The summed E-state index contributed by atoms with van der Waals surface area (Å²) in [4.78, 5) is 0. The molecule has 0 saturated carbocycles. The van der Waals surface area contributed by atoms with Crippen molar-refractivity contribution in [2.75, 3.05) is 0 Å². The molecule has 0 bridgehead atoms. The molecule has 0 N–H and O–H groups in total. The first kappa shape index (κ1) is 11.5. The van der Waals surface area contributed by atoms with E-state index in [1.54, 1.807) is 5.57 Å². The lowest BCUT2D eigenvalue weighted by atomic mass is 9.98. The highest BCUT2D eigenvalue weighted by Gasteiger charge is 1.99. The molecule has 12 heavy (non-hydrogen) atoms. The van der Waals surface area contributed by atoms with Gasteiger partial charge in [-0.15, -0.1) is 0 Å². The van der Waals surface area contributed by atoms with Crippen LogP contribution in [-0.4, -0.2) is 0 Å². The van der Waals surface area contributed by atoms with Gasteiger partial charge in [-0.1, -0.05) is 45.4 Å². The van der Waals surface area contributed by atoms with Crippen LogP contribution in [0.1, 0.15) is 52.9 Å². The lowest BCUT2D eigenvalue weighted by Gasteiger charge is -2.08. The van der Waals surface area contributed by atoms with E-state index in [4.69, 9.17) is 0 Å². The number of rotatable bonds is 6. The minimum atomic E-state index is 1.14. The van der Waals surface area contributed by atoms with E-state index in [2.05, 4.69) is 27.4 Å². The maximum Gasteiger partial charge on any atom is -0.0308 e. The first-order chi connectivity index (χ1) is 5.79. The minimum Gasteiger partial charge on any atom is -0.0988 e. The molecule has 0 aliphatic heterocycles. The molecule has 0 heteroatoms. The number of hydrogen-bond acceptors (Lipinski definition) is 0. The predicted octanol–water partition coefficient (Wildman–Crippen LogP) is 4.48. The highest BCUT2D eigenvalue weighted by atomic mass is 14.0. The summed E-state index contributed by atoms with van der Waals surface area (Å²) < 4.78 is 0. The van der Waals surface area contributed by atoms with Crippen molar-refractivity contribution in [1.82, 2.24) is 0 Å². The smallest absolute Gasteiger partial charge is 0.0308 e. The zero-order valence-corrected chi connectivity index (χ0v) is 8.82. The molecule has 0 aromatic rings. The maximum atomic E-state index is 3.85. The molecule has 0 fully saturated rings. The fraction of sp³-hybridized carbons (Fsp3) is 0.667. The molecule has 0 saturated heterocycles. The molecule has 0 unspecified atom stereocenters. The van der Waals surface area contributed by atoms with Crippen molar-refractivity contribution < 1.29 is 0 Å². The van der Waals surface area contributed by atoms with Crippen LogP contribution in [0.4, 0.5) is 0 Å². The quantitative estimate of drug-likeness (QED) is 0.510. The lowest BCUT2D eigenvalue weighted by molar-refractivity contribution is 0.756. The van der Waals surface area contributed by atoms with E-state index < -0.39 is 0 Å². The second-order valence-corrected chi connectivity index (χ2v) is 3.14. The van der Waals surface area contributed by atoms with E-state index in [1.165, 1.54) is 31.3 Å². The Bertz CT molecular complexity index is 151. The van der Waals surface area contributed by atoms with E-state index in [0.717, 1.165) is 6.42 Å². The fourth-order valence-electron chi connectivity index (χ4n) is 1.49. The van der Waals surface area contributed by atoms with Crippen molar-refractivity contribution in [3.63, 3.8) is 0 Å². The van der Waals surface area contributed by atoms with Gasteiger partial charge in [0.05, 0.1) is 0 Å². The van der Waals surface area contributed by atoms with Crippen LogP contribution in [0, 0.1) is 0 Å². The Hall–Kier alpha value is -0.520. The van der Waals surface area contributed by atoms with Crippen LogP contribution in [0.5, 0.6) is 0 Å². The second-order valence-electron chi connectivity index (χ2n) is 3.14. The summed E-state index contributed by atoms with van der Waals surface area (Å²) in [6.07, 6.45) is 8.22. The van der Waals surface area contributed by atoms with Gasteiger partial charge in [0.15, 0.2) is 0 Å². The molecule has 70 valence electrons. The first-order valence-corrected chi connectivity index (χ1v) is 5.13. The van der Waals surface area contributed by atoms with Gasteiger partial charge in [-0.05, 0) is 31.3 Å². The van der Waals surface area contributed by atoms with Crippen molar-refractivity contribution in [3.8, 4) is 0 Å². The summed E-state index contributed by atoms with van der Waals surface area (Å²) in [6.45, 7) is 10.5. The minimum absolute atomic E-state index is 1.14. The Kier molecular flexibility index (Phi) is 6.84. The maximum absolute atomic E-state index is 3.85. The van der Waals surface area contributed by atoms with Gasteiger partial charge in [0.2, 0.25) is 0 Å². The molecule has 0 radical (unpaired) electrons. The van der Waals surface area contributed by atoms with Crippen LogP contribution in [0.3, 0.4) is 0 Å². The monoisotopic (exact) mass is 166 g/mol. The van der Waals surface area contributed by atoms with Crippen LogP contribution >= 0.6 is 0 Å². The second kappa shape index (κ2) is 7.15. The molecule has 0 amide bonds. The molecular weight excluding hydrogens is 144 g/mol. The fourth-order valence-corrected chi connectivity index (χ4v) is 1.49. The highest BCUT2D eigenvalue weighted by Crippen LogP contribution is 2.19. The zero-order chi connectivity index (χ0) is 9.40. The topological polar surface area (TPSA) is 0 Å². The number of hydrogen-bond donors (Lipinski definition) is 0. The Balaban J connectivity index is 4.24. The molecule has 0 rings (SSSR count). The molecule has 0 atom stereocenters. The van der Waals surface area contributed by atoms with E-state index in [9.17, 15) is 0 Å². The standard InChI is InChI=1S/C12H22/c1-5-9-10-12(8-4)11(6-2)7-3/h6H,2,5,7-10H2,1,3-4H3. The summed E-state index contributed by atoms with van der Waals surface area (Å²) in [5.41, 5.74) is 3.07. The van der Waals surface area contributed by atoms with E-state index >= 15 is 0 Å². The van der Waals surface area contributed by atoms with Gasteiger partial charge in [-0.25, -0.2) is 0 Å². The molecule has 0 aromatic carbocycles. The largest absolute Gasteiger partial charge is 0.0988 e. The van der Waals surface area contributed by atoms with Gasteiger partial charge in [-0.3, -0.25) is 0 Å². The van der Waals surface area contributed by atoms with Crippen LogP contribution in [0.15, 0.2) is 23.8 Å². The summed E-state index contributed by atoms with van der Waals surface area (Å²) in [5.74, 6) is 0. The summed E-state index contributed by atoms with van der Waals surface area (Å²) in [6, 6.07) is 0. The molecule has 0 aliphatic carbocycles. The SMILES string of the molecule is C=CC(CC)=C(CC)CCCC. The lowest BCUT2D eigenvalue weighted by Crippen LogP contribution is -1.88. The van der Waals surface area contributed by atoms with Crippen molar-refractivity contribution in [1.29, 1.82) is 0 Å². The summed E-state index contributed by atoms with van der Waals surface area (Å²) in [7, 11) is 0. The Morgan fingerprint density at radius 1 is 1.17 bits per heavy atom. The van der Waals surface area contributed by atoms with Gasteiger partial charge in [0, 0.05) is 0 Å². The molecule has 0 aliphatic rings. The van der Waals surface area contributed by atoms with Crippen molar-refractivity contribution in [3.05, 3.63) is 23.8 Å². The van der Waals surface area contributed by atoms with E-state index in [-0.39, 0.29) is 0 Å². The third-order valence-corrected chi connectivity index (χ3v) is 2.34. The van der Waals surface area contributed by atoms with Crippen LogP contribution < -0.4 is 0 Å². The van der Waals surface area contributed by atoms with Gasteiger partial charge < -0.3 is 0 Å². The third kappa shape index (κ3) is 3.75. The van der Waals surface area contributed by atoms with Gasteiger partial charge in [0.1, 0.15) is 0 Å². The zero-order valence-electron chi connectivity index (χ0n) is 8.82. The number of allylic oxidation sites excluding steroid dienone is 3. The van der Waals surface area contributed by atoms with Crippen molar-refractivity contribution in [2.24, 2.45) is 0 Å². The Labute approximate surface area is 77.4 Å². The van der Waals surface area contributed by atoms with Gasteiger partial charge in [0.25, 0.3) is 0 Å². The molecule has 0 spiro atoms. The average molecular weight is 166 g/mol. The number of unbranched alkanes of at least 4 members (excludes halogenated alkanes) is 1. The van der Waals surface area contributed by atoms with Gasteiger partial charge >= 0.3 is 0 Å². The van der Waals surface area contributed by atoms with Crippen LogP contribution in [0.2, 0.25) is 0 Å². The Morgan fingerprint density at radius 3 is 2.17 bits per heavy atom. The van der Waals surface area contributed by atoms with Gasteiger partial charge in [-0.2, -0.15) is 0 Å². The van der Waals surface area contributed by atoms with E-state index in [0.29, 0.717) is 0 Å². The Morgan fingerprint density at radius 2 is 1.83 bits per heavy atom. The molecule has 0 aromatic heterocycles. The highest BCUT2D eigenvalue weighted by molar-refractivity contribution is 5.23. The van der Waals surface area contributed by atoms with Crippen molar-refractivity contribution >= 4 is 0 Å². The summed E-state index contributed by atoms with van der Waals surface area (Å²) in [5, 5.41) is 0. The predicted molar refractivity (Wildman–Crippen MR) is 57.3 cm³/mol. The molecule has 0 nitrogen and oxygen atoms in total.